The Morgan fingerprint density at radius 3 is 2.77 bits per heavy atom. The van der Waals surface area contributed by atoms with Crippen molar-refractivity contribution in [2.24, 2.45) is 5.92 Å². The maximum atomic E-state index is 5.59. The molecule has 0 bridgehead atoms. The van der Waals surface area contributed by atoms with Crippen molar-refractivity contribution < 1.29 is 8.94 Å². The van der Waals surface area contributed by atoms with Crippen LogP contribution in [0.15, 0.2) is 38.7 Å². The van der Waals surface area contributed by atoms with Gasteiger partial charge in [0.2, 0.25) is 11.8 Å². The first-order valence-electron chi connectivity index (χ1n) is 6.89. The fraction of sp³-hybridized carbons (Fsp3) is 0.357. The second-order valence-electron chi connectivity index (χ2n) is 5.10. The van der Waals surface area contributed by atoms with Crippen molar-refractivity contribution in [2.75, 3.05) is 0 Å². The molecule has 0 aromatic carbocycles. The lowest BCUT2D eigenvalue weighted by Crippen LogP contribution is -1.96. The minimum atomic E-state index is 0.468. The first kappa shape index (κ1) is 14.7. The molecule has 0 spiro atoms. The van der Waals surface area contributed by atoms with Gasteiger partial charge in [-0.05, 0) is 18.1 Å². The molecule has 3 aromatic rings. The van der Waals surface area contributed by atoms with Gasteiger partial charge >= 0.3 is 0 Å². The molecule has 8 heteroatoms. The Balaban J connectivity index is 1.60. The Labute approximate surface area is 131 Å². The van der Waals surface area contributed by atoms with Crippen LogP contribution in [0.2, 0.25) is 0 Å². The van der Waals surface area contributed by atoms with Gasteiger partial charge < -0.3 is 8.94 Å². The van der Waals surface area contributed by atoms with Gasteiger partial charge in [-0.15, -0.1) is 10.2 Å². The van der Waals surface area contributed by atoms with E-state index in [4.69, 9.17) is 8.94 Å². The highest BCUT2D eigenvalue weighted by molar-refractivity contribution is 7.98. The van der Waals surface area contributed by atoms with E-state index in [2.05, 4.69) is 39.2 Å². The molecule has 0 saturated carbocycles. The molecule has 0 saturated heterocycles. The van der Waals surface area contributed by atoms with Gasteiger partial charge in [-0.2, -0.15) is 4.98 Å². The van der Waals surface area contributed by atoms with Crippen LogP contribution < -0.4 is 0 Å². The van der Waals surface area contributed by atoms with Crippen LogP contribution in [-0.4, -0.2) is 25.3 Å². The van der Waals surface area contributed by atoms with E-state index < -0.39 is 0 Å². The monoisotopic (exact) mass is 317 g/mol. The molecule has 0 atom stereocenters. The fourth-order valence-corrected chi connectivity index (χ4v) is 2.40. The van der Waals surface area contributed by atoms with Crippen LogP contribution in [0, 0.1) is 5.92 Å². The third-order valence-electron chi connectivity index (χ3n) is 2.75. The third kappa shape index (κ3) is 3.70. The Hall–Kier alpha value is -2.22. The maximum Gasteiger partial charge on any atom is 0.277 e. The van der Waals surface area contributed by atoms with Crippen LogP contribution in [0.1, 0.15) is 25.6 Å². The number of thioether (sulfide) groups is 1. The van der Waals surface area contributed by atoms with Crippen molar-refractivity contribution in [1.82, 2.24) is 25.3 Å². The molecule has 3 rings (SSSR count). The molecule has 0 aliphatic rings. The third-order valence-corrected chi connectivity index (χ3v) is 3.56. The quantitative estimate of drug-likeness (QED) is 0.641. The SMILES string of the molecule is CC(C)Cc1noc(CSc2nnc(-c3ccncc3)o2)n1. The molecule has 3 heterocycles. The van der Waals surface area contributed by atoms with E-state index in [0.717, 1.165) is 17.8 Å². The molecule has 0 N–H and O–H groups in total. The highest BCUT2D eigenvalue weighted by atomic mass is 32.2. The molecule has 0 unspecified atom stereocenters. The second-order valence-corrected chi connectivity index (χ2v) is 6.03. The summed E-state index contributed by atoms with van der Waals surface area (Å²) in [5.41, 5.74) is 0.839. The van der Waals surface area contributed by atoms with Crippen LogP contribution in [-0.2, 0) is 12.2 Å². The molecule has 114 valence electrons. The second kappa shape index (κ2) is 6.69. The summed E-state index contributed by atoms with van der Waals surface area (Å²) >= 11 is 1.37. The molecule has 0 radical (unpaired) electrons. The molecular formula is C14H15N5O2S. The summed E-state index contributed by atoms with van der Waals surface area (Å²) in [5.74, 6) is 2.76. The van der Waals surface area contributed by atoms with Gasteiger partial charge in [-0.25, -0.2) is 0 Å². The average molecular weight is 317 g/mol. The zero-order valence-corrected chi connectivity index (χ0v) is 13.1. The Kier molecular flexibility index (Phi) is 4.47. The van der Waals surface area contributed by atoms with Gasteiger partial charge in [0.05, 0.1) is 5.75 Å². The van der Waals surface area contributed by atoms with Gasteiger partial charge in [0.15, 0.2) is 5.82 Å². The normalized spacial score (nSPS) is 11.2. The maximum absolute atomic E-state index is 5.59. The summed E-state index contributed by atoms with van der Waals surface area (Å²) in [7, 11) is 0. The molecule has 22 heavy (non-hydrogen) atoms. The molecule has 3 aromatic heterocycles. The van der Waals surface area contributed by atoms with E-state index in [0.29, 0.717) is 28.7 Å². The van der Waals surface area contributed by atoms with Crippen LogP contribution >= 0.6 is 11.8 Å². The van der Waals surface area contributed by atoms with Crippen LogP contribution in [0.25, 0.3) is 11.5 Å². The molecule has 0 aliphatic heterocycles. The van der Waals surface area contributed by atoms with Crippen molar-refractivity contribution in [3.8, 4) is 11.5 Å². The van der Waals surface area contributed by atoms with Gasteiger partial charge in [0.25, 0.3) is 5.22 Å². The predicted octanol–water partition coefficient (Wildman–Crippen LogP) is 3.01. The van der Waals surface area contributed by atoms with Crippen LogP contribution in [0.5, 0.6) is 0 Å². The minimum absolute atomic E-state index is 0.468. The van der Waals surface area contributed by atoms with E-state index >= 15 is 0 Å². The number of hydrogen-bond acceptors (Lipinski definition) is 8. The van der Waals surface area contributed by atoms with E-state index in [9.17, 15) is 0 Å². The highest BCUT2D eigenvalue weighted by Crippen LogP contribution is 2.24. The largest absolute Gasteiger partial charge is 0.411 e. The molecule has 0 amide bonds. The number of aromatic nitrogens is 5. The number of pyridine rings is 1. The lowest BCUT2D eigenvalue weighted by atomic mass is 10.1. The summed E-state index contributed by atoms with van der Waals surface area (Å²) in [4.78, 5) is 8.29. The van der Waals surface area contributed by atoms with Crippen LogP contribution in [0.3, 0.4) is 0 Å². The minimum Gasteiger partial charge on any atom is -0.411 e. The zero-order chi connectivity index (χ0) is 15.4. The fourth-order valence-electron chi connectivity index (χ4n) is 1.80. The van der Waals surface area contributed by atoms with Crippen molar-refractivity contribution in [2.45, 2.75) is 31.2 Å². The lowest BCUT2D eigenvalue weighted by Gasteiger charge is -1.96. The first-order chi connectivity index (χ1) is 10.7. The number of rotatable bonds is 6. The summed E-state index contributed by atoms with van der Waals surface area (Å²) in [5, 5.41) is 12.4. The van der Waals surface area contributed by atoms with Gasteiger partial charge in [0.1, 0.15) is 0 Å². The van der Waals surface area contributed by atoms with Gasteiger partial charge in [0, 0.05) is 24.4 Å². The molecular weight excluding hydrogens is 302 g/mol. The molecule has 0 fully saturated rings. The summed E-state index contributed by atoms with van der Waals surface area (Å²) < 4.78 is 10.8. The Bertz CT molecular complexity index is 726. The van der Waals surface area contributed by atoms with Crippen molar-refractivity contribution >= 4 is 11.8 Å². The first-order valence-corrected chi connectivity index (χ1v) is 7.87. The van der Waals surface area contributed by atoms with Crippen molar-refractivity contribution in [3.05, 3.63) is 36.2 Å². The van der Waals surface area contributed by atoms with E-state index in [-0.39, 0.29) is 0 Å². The average Bonchev–Trinajstić information content (AvgIpc) is 3.15. The van der Waals surface area contributed by atoms with Gasteiger partial charge in [-0.1, -0.05) is 30.8 Å². The number of hydrogen-bond donors (Lipinski definition) is 0. The summed E-state index contributed by atoms with van der Waals surface area (Å²) in [6, 6.07) is 3.64. The van der Waals surface area contributed by atoms with Crippen molar-refractivity contribution in [3.63, 3.8) is 0 Å². The van der Waals surface area contributed by atoms with Crippen molar-refractivity contribution in [1.29, 1.82) is 0 Å². The van der Waals surface area contributed by atoms with Gasteiger partial charge in [-0.3, -0.25) is 4.98 Å². The summed E-state index contributed by atoms with van der Waals surface area (Å²) in [6.07, 6.45) is 4.17. The Morgan fingerprint density at radius 2 is 2.00 bits per heavy atom. The lowest BCUT2D eigenvalue weighted by molar-refractivity contribution is 0.381. The molecule has 7 nitrogen and oxygen atoms in total. The van der Waals surface area contributed by atoms with E-state index in [1.807, 2.05) is 12.1 Å². The topological polar surface area (TPSA) is 90.7 Å². The summed E-state index contributed by atoms with van der Waals surface area (Å²) in [6.45, 7) is 4.23. The van der Waals surface area contributed by atoms with E-state index in [1.54, 1.807) is 12.4 Å². The van der Waals surface area contributed by atoms with E-state index in [1.165, 1.54) is 11.8 Å². The van der Waals surface area contributed by atoms with Crippen LogP contribution in [0.4, 0.5) is 0 Å². The smallest absolute Gasteiger partial charge is 0.277 e. The standard InChI is InChI=1S/C14H15N5O2S/c1-9(2)7-11-16-12(21-19-11)8-22-14-18-17-13(20-14)10-3-5-15-6-4-10/h3-6,9H,7-8H2,1-2H3. The molecule has 0 aliphatic carbocycles. The number of nitrogens with zero attached hydrogens (tertiary/aromatic N) is 5. The highest BCUT2D eigenvalue weighted by Gasteiger charge is 2.12. The Morgan fingerprint density at radius 1 is 1.18 bits per heavy atom. The zero-order valence-electron chi connectivity index (χ0n) is 12.3. The predicted molar refractivity (Wildman–Crippen MR) is 79.9 cm³/mol.